The average molecular weight is 324 g/mol. The van der Waals surface area contributed by atoms with Crippen molar-refractivity contribution in [3.05, 3.63) is 46.0 Å². The van der Waals surface area contributed by atoms with Gasteiger partial charge < -0.3 is 5.73 Å². The maximum absolute atomic E-state index is 12.6. The average Bonchev–Trinajstić information content (AvgIpc) is 3.04. The van der Waals surface area contributed by atoms with Crippen molar-refractivity contribution in [1.82, 2.24) is 0 Å². The Labute approximate surface area is 124 Å². The van der Waals surface area contributed by atoms with Crippen LogP contribution in [0.25, 0.3) is 10.1 Å². The van der Waals surface area contributed by atoms with Crippen LogP contribution < -0.4 is 10.5 Å². The molecule has 0 radical (unpaired) electrons. The van der Waals surface area contributed by atoms with Gasteiger partial charge in [0.1, 0.15) is 4.90 Å². The first-order chi connectivity index (χ1) is 9.62. The van der Waals surface area contributed by atoms with Gasteiger partial charge in [-0.15, -0.1) is 11.3 Å². The molecule has 0 unspecified atom stereocenters. The summed E-state index contributed by atoms with van der Waals surface area (Å²) < 4.78 is 28.7. The Morgan fingerprint density at radius 2 is 2.00 bits per heavy atom. The zero-order valence-corrected chi connectivity index (χ0v) is 12.8. The van der Waals surface area contributed by atoms with Gasteiger partial charge in [0.2, 0.25) is 0 Å². The Morgan fingerprint density at radius 1 is 1.20 bits per heavy atom. The highest BCUT2D eigenvalue weighted by Crippen LogP contribution is 2.35. The third kappa shape index (κ3) is 2.33. The first kappa shape index (κ1) is 13.6. The van der Waals surface area contributed by atoms with Crippen molar-refractivity contribution in [3.63, 3.8) is 0 Å². The molecule has 20 heavy (non-hydrogen) atoms. The lowest BCUT2D eigenvalue weighted by molar-refractivity contribution is 0.601. The minimum atomic E-state index is -3.62. The summed E-state index contributed by atoms with van der Waals surface area (Å²) in [5.74, 6) is 0. The summed E-state index contributed by atoms with van der Waals surface area (Å²) in [7, 11) is -3.62. The first-order valence-electron chi connectivity index (χ1n) is 5.87. The van der Waals surface area contributed by atoms with Crippen LogP contribution in [0, 0.1) is 0 Å². The largest absolute Gasteiger partial charge is 0.326 e. The quantitative estimate of drug-likeness (QED) is 0.774. The summed E-state index contributed by atoms with van der Waals surface area (Å²) in [5.41, 5.74) is 6.28. The van der Waals surface area contributed by atoms with E-state index in [1.807, 2.05) is 29.6 Å². The smallest absolute Gasteiger partial charge is 0.263 e. The molecule has 4 nitrogen and oxygen atoms in total. The molecular formula is C13H12N2O2S3. The fourth-order valence-electron chi connectivity index (χ4n) is 2.03. The SMILES string of the molecule is NCc1sc2ccccc2c1S(=O)(=O)Nc1ccsc1. The van der Waals surface area contributed by atoms with E-state index >= 15 is 0 Å². The number of rotatable bonds is 4. The molecule has 1 aromatic carbocycles. The minimum Gasteiger partial charge on any atom is -0.326 e. The molecule has 0 spiro atoms. The van der Waals surface area contributed by atoms with Crippen molar-refractivity contribution in [1.29, 1.82) is 0 Å². The van der Waals surface area contributed by atoms with E-state index in [9.17, 15) is 8.42 Å². The van der Waals surface area contributed by atoms with Crippen molar-refractivity contribution in [2.24, 2.45) is 5.73 Å². The van der Waals surface area contributed by atoms with Crippen LogP contribution in [-0.2, 0) is 16.6 Å². The van der Waals surface area contributed by atoms with Crippen molar-refractivity contribution < 1.29 is 8.42 Å². The van der Waals surface area contributed by atoms with Gasteiger partial charge in [0.05, 0.1) is 5.69 Å². The van der Waals surface area contributed by atoms with Gasteiger partial charge in [0.25, 0.3) is 10.0 Å². The fourth-order valence-corrected chi connectivity index (χ4v) is 5.58. The van der Waals surface area contributed by atoms with Gasteiger partial charge in [0, 0.05) is 26.9 Å². The van der Waals surface area contributed by atoms with Gasteiger partial charge in [-0.1, -0.05) is 18.2 Å². The lowest BCUT2D eigenvalue weighted by Gasteiger charge is -2.07. The number of thiophene rings is 2. The van der Waals surface area contributed by atoms with Gasteiger partial charge in [-0.25, -0.2) is 8.42 Å². The Morgan fingerprint density at radius 3 is 2.70 bits per heavy atom. The molecule has 0 fully saturated rings. The second-order valence-electron chi connectivity index (χ2n) is 4.17. The second kappa shape index (κ2) is 5.17. The molecule has 3 N–H and O–H groups in total. The Balaban J connectivity index is 2.17. The van der Waals surface area contributed by atoms with Crippen LogP contribution in [0.15, 0.2) is 46.0 Å². The van der Waals surface area contributed by atoms with Crippen LogP contribution in [0.3, 0.4) is 0 Å². The van der Waals surface area contributed by atoms with E-state index in [4.69, 9.17) is 5.73 Å². The molecule has 3 rings (SSSR count). The minimum absolute atomic E-state index is 0.208. The predicted octanol–water partition coefficient (Wildman–Crippen LogP) is 3.22. The summed E-state index contributed by atoms with van der Waals surface area (Å²) >= 11 is 2.86. The number of anilines is 1. The predicted molar refractivity (Wildman–Crippen MR) is 84.8 cm³/mol. The molecule has 104 valence electrons. The molecule has 7 heteroatoms. The van der Waals surface area contributed by atoms with E-state index in [0.29, 0.717) is 15.5 Å². The van der Waals surface area contributed by atoms with Crippen molar-refractivity contribution in [2.45, 2.75) is 11.4 Å². The molecule has 0 aliphatic rings. The molecule has 0 saturated heterocycles. The third-order valence-electron chi connectivity index (χ3n) is 2.85. The van der Waals surface area contributed by atoms with Crippen molar-refractivity contribution in [2.75, 3.05) is 4.72 Å². The van der Waals surface area contributed by atoms with Crippen LogP contribution in [-0.4, -0.2) is 8.42 Å². The van der Waals surface area contributed by atoms with Crippen LogP contribution in [0.4, 0.5) is 5.69 Å². The van der Waals surface area contributed by atoms with E-state index in [0.717, 1.165) is 10.1 Å². The molecule has 0 saturated carbocycles. The topological polar surface area (TPSA) is 72.2 Å². The molecule has 0 bridgehead atoms. The lowest BCUT2D eigenvalue weighted by Crippen LogP contribution is -2.14. The lowest BCUT2D eigenvalue weighted by atomic mass is 10.2. The van der Waals surface area contributed by atoms with Gasteiger partial charge >= 0.3 is 0 Å². The van der Waals surface area contributed by atoms with Gasteiger partial charge in [-0.05, 0) is 17.5 Å². The van der Waals surface area contributed by atoms with Gasteiger partial charge in [-0.3, -0.25) is 4.72 Å². The molecule has 0 aliphatic heterocycles. The summed E-state index contributed by atoms with van der Waals surface area (Å²) in [6.07, 6.45) is 0. The highest BCUT2D eigenvalue weighted by atomic mass is 32.2. The zero-order chi connectivity index (χ0) is 14.2. The Hall–Kier alpha value is -1.41. The summed E-state index contributed by atoms with van der Waals surface area (Å²) in [4.78, 5) is 0.973. The van der Waals surface area contributed by atoms with Crippen LogP contribution in [0.2, 0.25) is 0 Å². The zero-order valence-electron chi connectivity index (χ0n) is 10.4. The maximum atomic E-state index is 12.6. The molecule has 3 aromatic rings. The monoisotopic (exact) mass is 324 g/mol. The van der Waals surface area contributed by atoms with Crippen LogP contribution in [0.5, 0.6) is 0 Å². The number of benzene rings is 1. The van der Waals surface area contributed by atoms with Crippen LogP contribution >= 0.6 is 22.7 Å². The highest BCUT2D eigenvalue weighted by Gasteiger charge is 2.23. The molecule has 2 heterocycles. The normalized spacial score (nSPS) is 11.8. The standard InChI is InChI=1S/C13H12N2O2S3/c14-7-12-13(10-3-1-2-4-11(10)19-12)20(16,17)15-9-5-6-18-8-9/h1-6,8,15H,7,14H2. The van der Waals surface area contributed by atoms with Crippen molar-refractivity contribution >= 4 is 48.5 Å². The number of hydrogen-bond donors (Lipinski definition) is 2. The summed E-state index contributed by atoms with van der Waals surface area (Å²) in [5, 5.41) is 4.31. The molecule has 2 aromatic heterocycles. The highest BCUT2D eigenvalue weighted by molar-refractivity contribution is 7.93. The second-order valence-corrected chi connectivity index (χ2v) is 7.71. The van der Waals surface area contributed by atoms with Gasteiger partial charge in [0.15, 0.2) is 0 Å². The number of sulfonamides is 1. The fraction of sp³-hybridized carbons (Fsp3) is 0.0769. The molecular weight excluding hydrogens is 312 g/mol. The number of hydrogen-bond acceptors (Lipinski definition) is 5. The Bertz CT molecular complexity index is 836. The number of fused-ring (bicyclic) bond motifs is 1. The maximum Gasteiger partial charge on any atom is 0.263 e. The van der Waals surface area contributed by atoms with E-state index in [2.05, 4.69) is 4.72 Å². The van der Waals surface area contributed by atoms with E-state index in [1.165, 1.54) is 22.7 Å². The van der Waals surface area contributed by atoms with Crippen LogP contribution in [0.1, 0.15) is 4.88 Å². The third-order valence-corrected chi connectivity index (χ3v) is 6.36. The van der Waals surface area contributed by atoms with Crippen molar-refractivity contribution in [3.8, 4) is 0 Å². The van der Waals surface area contributed by atoms with E-state index in [1.54, 1.807) is 11.4 Å². The molecule has 0 atom stereocenters. The molecule has 0 amide bonds. The van der Waals surface area contributed by atoms with E-state index < -0.39 is 10.0 Å². The molecule has 0 aliphatic carbocycles. The van der Waals surface area contributed by atoms with E-state index in [-0.39, 0.29) is 6.54 Å². The van der Waals surface area contributed by atoms with Gasteiger partial charge in [-0.2, -0.15) is 11.3 Å². The Kier molecular flexibility index (Phi) is 3.51. The summed E-state index contributed by atoms with van der Waals surface area (Å²) in [6, 6.07) is 9.18. The number of nitrogens with two attached hydrogens (primary N) is 1. The number of nitrogens with one attached hydrogen (secondary N) is 1. The first-order valence-corrected chi connectivity index (χ1v) is 9.11. The summed E-state index contributed by atoms with van der Waals surface area (Å²) in [6.45, 7) is 0.208.